The molecular weight excluding hydrogens is 230 g/mol. The Morgan fingerprint density at radius 2 is 2.11 bits per heavy atom. The van der Waals surface area contributed by atoms with Crippen molar-refractivity contribution in [3.05, 3.63) is 35.2 Å². The Kier molecular flexibility index (Phi) is 3.36. The highest BCUT2D eigenvalue weighted by atomic mass is 16.2. The largest absolute Gasteiger partial charge is 0.318 e. The Labute approximate surface area is 105 Å². The van der Waals surface area contributed by atoms with Gasteiger partial charge in [-0.25, -0.2) is 4.98 Å². The zero-order chi connectivity index (χ0) is 13.1. The molecule has 18 heavy (non-hydrogen) atoms. The van der Waals surface area contributed by atoms with Crippen molar-refractivity contribution in [3.8, 4) is 0 Å². The van der Waals surface area contributed by atoms with Crippen LogP contribution in [0.1, 0.15) is 34.8 Å². The van der Waals surface area contributed by atoms with Crippen LogP contribution in [0.2, 0.25) is 0 Å². The van der Waals surface area contributed by atoms with Crippen molar-refractivity contribution in [2.45, 2.75) is 27.2 Å². The highest BCUT2D eigenvalue weighted by Gasteiger charge is 2.13. The van der Waals surface area contributed by atoms with Gasteiger partial charge >= 0.3 is 0 Å². The molecule has 2 aromatic rings. The Bertz CT molecular complexity index is 576. The van der Waals surface area contributed by atoms with E-state index < -0.39 is 0 Å². The molecule has 0 saturated heterocycles. The molecule has 0 aromatic carbocycles. The summed E-state index contributed by atoms with van der Waals surface area (Å²) in [5.74, 6) is 0.505. The van der Waals surface area contributed by atoms with Gasteiger partial charge in [0.2, 0.25) is 5.82 Å². The van der Waals surface area contributed by atoms with Gasteiger partial charge in [-0.05, 0) is 26.0 Å². The fourth-order valence-corrected chi connectivity index (χ4v) is 1.55. The summed E-state index contributed by atoms with van der Waals surface area (Å²) in [6.07, 6.45) is 0.714. The zero-order valence-corrected chi connectivity index (χ0v) is 10.6. The van der Waals surface area contributed by atoms with Crippen LogP contribution < -0.4 is 5.32 Å². The van der Waals surface area contributed by atoms with Gasteiger partial charge in [0.25, 0.3) is 5.91 Å². The van der Waals surface area contributed by atoms with E-state index in [1.165, 1.54) is 0 Å². The molecule has 0 unspecified atom stereocenters. The summed E-state index contributed by atoms with van der Waals surface area (Å²) in [6, 6.07) is 3.67. The van der Waals surface area contributed by atoms with E-state index in [2.05, 4.69) is 25.5 Å². The van der Waals surface area contributed by atoms with Crippen molar-refractivity contribution in [1.82, 2.24) is 20.2 Å². The number of H-pyrrole nitrogens is 1. The molecular formula is C12H15N5O. The van der Waals surface area contributed by atoms with Gasteiger partial charge < -0.3 is 5.32 Å². The molecule has 0 fully saturated rings. The molecule has 1 amide bonds. The van der Waals surface area contributed by atoms with Gasteiger partial charge in [-0.2, -0.15) is 0 Å². The van der Waals surface area contributed by atoms with Crippen molar-refractivity contribution in [3.63, 3.8) is 0 Å². The molecule has 6 nitrogen and oxygen atoms in total. The molecule has 0 spiro atoms. The van der Waals surface area contributed by atoms with Crippen LogP contribution in [-0.4, -0.2) is 26.1 Å². The standard InChI is InChI=1S/C12H15N5O/c1-4-10-15-11(17-16-10)12(18)14-9-6-5-7(2)13-8(9)3/h5-6H,4H2,1-3H3,(H,14,18)(H,15,16,17). The fourth-order valence-electron chi connectivity index (χ4n) is 1.55. The second kappa shape index (κ2) is 4.95. The summed E-state index contributed by atoms with van der Waals surface area (Å²) in [6.45, 7) is 5.69. The third-order valence-electron chi connectivity index (χ3n) is 2.54. The Morgan fingerprint density at radius 3 is 2.72 bits per heavy atom. The van der Waals surface area contributed by atoms with E-state index in [9.17, 15) is 4.79 Å². The van der Waals surface area contributed by atoms with Crippen LogP contribution in [0.4, 0.5) is 5.69 Å². The molecule has 94 valence electrons. The van der Waals surface area contributed by atoms with Crippen LogP contribution in [-0.2, 0) is 6.42 Å². The van der Waals surface area contributed by atoms with Crippen molar-refractivity contribution in [2.24, 2.45) is 0 Å². The van der Waals surface area contributed by atoms with Crippen molar-refractivity contribution < 1.29 is 4.79 Å². The van der Waals surface area contributed by atoms with Gasteiger partial charge in [0.15, 0.2) is 0 Å². The molecule has 0 radical (unpaired) electrons. The lowest BCUT2D eigenvalue weighted by Crippen LogP contribution is -2.15. The van der Waals surface area contributed by atoms with Crippen LogP contribution >= 0.6 is 0 Å². The SMILES string of the molecule is CCc1nc(C(=O)Nc2ccc(C)nc2C)n[nH]1. The van der Waals surface area contributed by atoms with Gasteiger partial charge in [-0.3, -0.25) is 14.9 Å². The summed E-state index contributed by atoms with van der Waals surface area (Å²) in [4.78, 5) is 20.2. The second-order valence-corrected chi connectivity index (χ2v) is 4.00. The summed E-state index contributed by atoms with van der Waals surface area (Å²) in [7, 11) is 0. The van der Waals surface area contributed by atoms with E-state index in [4.69, 9.17) is 0 Å². The topological polar surface area (TPSA) is 83.6 Å². The Balaban J connectivity index is 2.16. The smallest absolute Gasteiger partial charge is 0.295 e. The molecule has 0 bridgehead atoms. The maximum absolute atomic E-state index is 11.9. The van der Waals surface area contributed by atoms with Crippen molar-refractivity contribution in [1.29, 1.82) is 0 Å². The molecule has 2 rings (SSSR count). The quantitative estimate of drug-likeness (QED) is 0.860. The summed E-state index contributed by atoms with van der Waals surface area (Å²) in [5.41, 5.74) is 2.36. The second-order valence-electron chi connectivity index (χ2n) is 4.00. The fraction of sp³-hybridized carbons (Fsp3) is 0.333. The first-order valence-electron chi connectivity index (χ1n) is 5.77. The maximum Gasteiger partial charge on any atom is 0.295 e. The molecule has 0 atom stereocenters. The molecule has 0 saturated carbocycles. The highest BCUT2D eigenvalue weighted by molar-refractivity contribution is 6.01. The lowest BCUT2D eigenvalue weighted by Gasteiger charge is -2.06. The lowest BCUT2D eigenvalue weighted by molar-refractivity contribution is 0.101. The minimum Gasteiger partial charge on any atom is -0.318 e. The van der Waals surface area contributed by atoms with Gasteiger partial charge in [-0.15, -0.1) is 5.10 Å². The number of hydrogen-bond donors (Lipinski definition) is 2. The lowest BCUT2D eigenvalue weighted by atomic mass is 10.2. The number of aryl methyl sites for hydroxylation is 3. The number of amides is 1. The first-order valence-corrected chi connectivity index (χ1v) is 5.77. The van der Waals surface area contributed by atoms with E-state index in [0.717, 1.165) is 11.4 Å². The molecule has 2 N–H and O–H groups in total. The number of aromatic nitrogens is 4. The molecule has 2 heterocycles. The Morgan fingerprint density at radius 1 is 1.33 bits per heavy atom. The van der Waals surface area contributed by atoms with E-state index in [-0.39, 0.29) is 11.7 Å². The molecule has 0 aliphatic carbocycles. The number of aromatic amines is 1. The minimum absolute atomic E-state index is 0.145. The van der Waals surface area contributed by atoms with Gasteiger partial charge in [0, 0.05) is 12.1 Å². The van der Waals surface area contributed by atoms with E-state index in [1.807, 2.05) is 32.9 Å². The summed E-state index contributed by atoms with van der Waals surface area (Å²) >= 11 is 0. The zero-order valence-electron chi connectivity index (χ0n) is 10.6. The van der Waals surface area contributed by atoms with Crippen LogP contribution in [0.5, 0.6) is 0 Å². The minimum atomic E-state index is -0.334. The third kappa shape index (κ3) is 2.53. The number of carbonyl (C=O) groups excluding carboxylic acids is 1. The van der Waals surface area contributed by atoms with E-state index in [0.29, 0.717) is 17.9 Å². The van der Waals surface area contributed by atoms with Gasteiger partial charge in [-0.1, -0.05) is 6.92 Å². The molecule has 0 aliphatic rings. The number of nitrogens with zero attached hydrogens (tertiary/aromatic N) is 3. The molecule has 6 heteroatoms. The Hall–Kier alpha value is -2.24. The number of rotatable bonds is 3. The average Bonchev–Trinajstić information content (AvgIpc) is 2.81. The average molecular weight is 245 g/mol. The van der Waals surface area contributed by atoms with Crippen LogP contribution in [0.3, 0.4) is 0 Å². The highest BCUT2D eigenvalue weighted by Crippen LogP contribution is 2.13. The molecule has 0 aliphatic heterocycles. The monoisotopic (exact) mass is 245 g/mol. The first kappa shape index (κ1) is 12.2. The summed E-state index contributed by atoms with van der Waals surface area (Å²) < 4.78 is 0. The predicted molar refractivity (Wildman–Crippen MR) is 67.4 cm³/mol. The van der Waals surface area contributed by atoms with Crippen LogP contribution in [0.15, 0.2) is 12.1 Å². The van der Waals surface area contributed by atoms with Gasteiger partial charge in [0.05, 0.1) is 11.4 Å². The normalized spacial score (nSPS) is 10.4. The summed E-state index contributed by atoms with van der Waals surface area (Å²) in [5, 5.41) is 9.31. The van der Waals surface area contributed by atoms with E-state index >= 15 is 0 Å². The number of anilines is 1. The maximum atomic E-state index is 11.9. The number of nitrogens with one attached hydrogen (secondary N) is 2. The number of pyridine rings is 1. The molecule has 2 aromatic heterocycles. The number of hydrogen-bond acceptors (Lipinski definition) is 4. The van der Waals surface area contributed by atoms with Crippen molar-refractivity contribution in [2.75, 3.05) is 5.32 Å². The van der Waals surface area contributed by atoms with Crippen LogP contribution in [0.25, 0.3) is 0 Å². The third-order valence-corrected chi connectivity index (χ3v) is 2.54. The van der Waals surface area contributed by atoms with E-state index in [1.54, 1.807) is 0 Å². The number of carbonyl (C=O) groups is 1. The van der Waals surface area contributed by atoms with Crippen LogP contribution in [0, 0.1) is 13.8 Å². The first-order chi connectivity index (χ1) is 8.60. The van der Waals surface area contributed by atoms with Gasteiger partial charge in [0.1, 0.15) is 5.82 Å². The predicted octanol–water partition coefficient (Wildman–Crippen LogP) is 1.63. The van der Waals surface area contributed by atoms with Crippen molar-refractivity contribution >= 4 is 11.6 Å².